The average molecular weight is 274 g/mol. The molecule has 0 bridgehead atoms. The van der Waals surface area contributed by atoms with Gasteiger partial charge in [-0.1, -0.05) is 29.3 Å². The summed E-state index contributed by atoms with van der Waals surface area (Å²) in [6.07, 6.45) is 0. The fourth-order valence-corrected chi connectivity index (χ4v) is 2.27. The van der Waals surface area contributed by atoms with E-state index < -0.39 is 5.97 Å². The van der Waals surface area contributed by atoms with Crippen molar-refractivity contribution < 1.29 is 9.90 Å². The third-order valence-corrected chi connectivity index (χ3v) is 3.97. The highest BCUT2D eigenvalue weighted by molar-refractivity contribution is 6.42. The van der Waals surface area contributed by atoms with E-state index in [0.717, 1.165) is 5.56 Å². The van der Waals surface area contributed by atoms with Gasteiger partial charge in [0.05, 0.1) is 16.0 Å². The van der Waals surface area contributed by atoms with Gasteiger partial charge in [0.15, 0.2) is 0 Å². The molecule has 0 amide bonds. The van der Waals surface area contributed by atoms with Crippen LogP contribution in [0.1, 0.15) is 18.5 Å². The van der Waals surface area contributed by atoms with Crippen molar-refractivity contribution in [3.8, 4) is 0 Å². The number of rotatable bonds is 3. The van der Waals surface area contributed by atoms with Crippen LogP contribution in [0, 0.1) is 5.92 Å². The quantitative estimate of drug-likeness (QED) is 0.920. The Bertz CT molecular complexity index is 444. The van der Waals surface area contributed by atoms with Crippen LogP contribution in [-0.4, -0.2) is 29.1 Å². The standard InChI is InChI=1S/C12H13Cl2NO2/c1-7(15-5-9(6-15)12(16)17)8-2-3-10(13)11(14)4-8/h2-4,7,9H,5-6H2,1H3,(H,16,17). The van der Waals surface area contributed by atoms with E-state index in [4.69, 9.17) is 28.3 Å². The average Bonchev–Trinajstić information content (AvgIpc) is 2.19. The largest absolute Gasteiger partial charge is 0.481 e. The van der Waals surface area contributed by atoms with Crippen LogP contribution in [0.5, 0.6) is 0 Å². The van der Waals surface area contributed by atoms with Gasteiger partial charge in [-0.2, -0.15) is 0 Å². The zero-order chi connectivity index (χ0) is 12.6. The third-order valence-electron chi connectivity index (χ3n) is 3.23. The molecule has 0 radical (unpaired) electrons. The van der Waals surface area contributed by atoms with Gasteiger partial charge in [0, 0.05) is 19.1 Å². The second-order valence-electron chi connectivity index (χ2n) is 4.34. The van der Waals surface area contributed by atoms with Crippen LogP contribution >= 0.6 is 23.2 Å². The van der Waals surface area contributed by atoms with Crippen molar-refractivity contribution in [3.05, 3.63) is 33.8 Å². The first-order valence-electron chi connectivity index (χ1n) is 5.41. The number of hydrogen-bond donors (Lipinski definition) is 1. The van der Waals surface area contributed by atoms with Crippen LogP contribution in [0.25, 0.3) is 0 Å². The number of nitrogens with zero attached hydrogens (tertiary/aromatic N) is 1. The van der Waals surface area contributed by atoms with Gasteiger partial charge >= 0.3 is 5.97 Å². The highest BCUT2D eigenvalue weighted by atomic mass is 35.5. The molecule has 0 saturated carbocycles. The molecule has 1 heterocycles. The van der Waals surface area contributed by atoms with Crippen LogP contribution in [0.2, 0.25) is 10.0 Å². The molecular formula is C12H13Cl2NO2. The number of hydrogen-bond acceptors (Lipinski definition) is 2. The van der Waals surface area contributed by atoms with Gasteiger partial charge in [0.1, 0.15) is 0 Å². The number of carboxylic acid groups (broad SMARTS) is 1. The molecule has 1 N–H and O–H groups in total. The summed E-state index contributed by atoms with van der Waals surface area (Å²) >= 11 is 11.8. The molecule has 0 aliphatic carbocycles. The molecular weight excluding hydrogens is 261 g/mol. The zero-order valence-electron chi connectivity index (χ0n) is 9.36. The van der Waals surface area contributed by atoms with Crippen molar-refractivity contribution >= 4 is 29.2 Å². The number of halogens is 2. The van der Waals surface area contributed by atoms with Gasteiger partial charge in [-0.3, -0.25) is 9.69 Å². The number of aliphatic carboxylic acids is 1. The Morgan fingerprint density at radius 1 is 1.41 bits per heavy atom. The Labute approximate surface area is 110 Å². The molecule has 1 fully saturated rings. The maximum absolute atomic E-state index is 10.7. The monoisotopic (exact) mass is 273 g/mol. The Kier molecular flexibility index (Phi) is 3.61. The Balaban J connectivity index is 2.03. The van der Waals surface area contributed by atoms with Crippen LogP contribution in [-0.2, 0) is 4.79 Å². The molecule has 1 aromatic rings. The highest BCUT2D eigenvalue weighted by Gasteiger charge is 2.35. The van der Waals surface area contributed by atoms with E-state index in [0.29, 0.717) is 23.1 Å². The summed E-state index contributed by atoms with van der Waals surface area (Å²) in [6.45, 7) is 3.23. The van der Waals surface area contributed by atoms with E-state index >= 15 is 0 Å². The van der Waals surface area contributed by atoms with Crippen LogP contribution < -0.4 is 0 Å². The second-order valence-corrected chi connectivity index (χ2v) is 5.15. The lowest BCUT2D eigenvalue weighted by Gasteiger charge is -2.41. The van der Waals surface area contributed by atoms with E-state index in [1.807, 2.05) is 19.1 Å². The SMILES string of the molecule is CC(c1ccc(Cl)c(Cl)c1)N1CC(C(=O)O)C1. The summed E-state index contributed by atoms with van der Waals surface area (Å²) in [7, 11) is 0. The first-order chi connectivity index (χ1) is 7.99. The molecule has 3 nitrogen and oxygen atoms in total. The molecule has 0 spiro atoms. The van der Waals surface area contributed by atoms with Crippen molar-refractivity contribution in [1.29, 1.82) is 0 Å². The van der Waals surface area contributed by atoms with Crippen molar-refractivity contribution in [3.63, 3.8) is 0 Å². The predicted molar refractivity (Wildman–Crippen MR) is 67.6 cm³/mol. The topological polar surface area (TPSA) is 40.5 Å². The van der Waals surface area contributed by atoms with Crippen molar-refractivity contribution in [1.82, 2.24) is 4.90 Å². The van der Waals surface area contributed by atoms with Gasteiger partial charge in [0.2, 0.25) is 0 Å². The van der Waals surface area contributed by atoms with E-state index in [9.17, 15) is 4.79 Å². The summed E-state index contributed by atoms with van der Waals surface area (Å²) < 4.78 is 0. The molecule has 0 aromatic heterocycles. The Hall–Kier alpha value is -0.770. The maximum atomic E-state index is 10.7. The van der Waals surface area contributed by atoms with Crippen LogP contribution in [0.3, 0.4) is 0 Å². The zero-order valence-corrected chi connectivity index (χ0v) is 10.9. The van der Waals surface area contributed by atoms with E-state index in [2.05, 4.69) is 4.90 Å². The minimum atomic E-state index is -0.720. The van der Waals surface area contributed by atoms with Crippen LogP contribution in [0.4, 0.5) is 0 Å². The lowest BCUT2D eigenvalue weighted by atomic mass is 9.95. The lowest BCUT2D eigenvalue weighted by molar-refractivity contribution is -0.148. The minimum absolute atomic E-state index is 0.167. The predicted octanol–water partition coefficient (Wildman–Crippen LogP) is 3.07. The molecule has 1 aliphatic rings. The highest BCUT2D eigenvalue weighted by Crippen LogP contribution is 2.31. The second kappa shape index (κ2) is 4.84. The number of likely N-dealkylation sites (tertiary alicyclic amines) is 1. The number of carbonyl (C=O) groups is 1. The fraction of sp³-hybridized carbons (Fsp3) is 0.417. The minimum Gasteiger partial charge on any atom is -0.481 e. The molecule has 2 rings (SSSR count). The molecule has 1 atom stereocenters. The first-order valence-corrected chi connectivity index (χ1v) is 6.16. The summed E-state index contributed by atoms with van der Waals surface area (Å²) in [4.78, 5) is 12.8. The van der Waals surface area contributed by atoms with Crippen molar-refractivity contribution in [2.45, 2.75) is 13.0 Å². The van der Waals surface area contributed by atoms with Crippen LogP contribution in [0.15, 0.2) is 18.2 Å². The van der Waals surface area contributed by atoms with Gasteiger partial charge in [-0.05, 0) is 24.6 Å². The van der Waals surface area contributed by atoms with E-state index in [1.54, 1.807) is 6.07 Å². The molecule has 17 heavy (non-hydrogen) atoms. The van der Waals surface area contributed by atoms with Gasteiger partial charge in [-0.15, -0.1) is 0 Å². The Morgan fingerprint density at radius 3 is 2.59 bits per heavy atom. The molecule has 1 saturated heterocycles. The number of benzene rings is 1. The first kappa shape index (κ1) is 12.7. The lowest BCUT2D eigenvalue weighted by Crippen LogP contribution is -2.51. The smallest absolute Gasteiger partial charge is 0.309 e. The van der Waals surface area contributed by atoms with Gasteiger partial charge in [0.25, 0.3) is 0 Å². The molecule has 1 aliphatic heterocycles. The van der Waals surface area contributed by atoms with E-state index in [-0.39, 0.29) is 12.0 Å². The maximum Gasteiger partial charge on any atom is 0.309 e. The van der Waals surface area contributed by atoms with Crippen molar-refractivity contribution in [2.24, 2.45) is 5.92 Å². The summed E-state index contributed by atoms with van der Waals surface area (Å²) in [5, 5.41) is 9.89. The summed E-state index contributed by atoms with van der Waals surface area (Å²) in [5.41, 5.74) is 1.06. The van der Waals surface area contributed by atoms with Gasteiger partial charge < -0.3 is 5.11 Å². The molecule has 92 valence electrons. The third kappa shape index (κ3) is 2.57. The molecule has 1 unspecified atom stereocenters. The fourth-order valence-electron chi connectivity index (χ4n) is 1.97. The van der Waals surface area contributed by atoms with Crippen molar-refractivity contribution in [2.75, 3.05) is 13.1 Å². The number of carboxylic acids is 1. The van der Waals surface area contributed by atoms with Gasteiger partial charge in [-0.25, -0.2) is 0 Å². The normalized spacial score (nSPS) is 18.8. The molecule has 1 aromatic carbocycles. The van der Waals surface area contributed by atoms with E-state index in [1.165, 1.54) is 0 Å². The Morgan fingerprint density at radius 2 is 2.06 bits per heavy atom. The summed E-state index contributed by atoms with van der Waals surface area (Å²) in [6, 6.07) is 5.69. The molecule has 5 heteroatoms. The summed E-state index contributed by atoms with van der Waals surface area (Å²) in [5.74, 6) is -0.956.